The molecule has 2 fully saturated rings. The Labute approximate surface area is 210 Å². The van der Waals surface area contributed by atoms with Gasteiger partial charge in [-0.1, -0.05) is 110 Å². The van der Waals surface area contributed by atoms with Crippen molar-refractivity contribution in [2.75, 3.05) is 0 Å². The zero-order valence-corrected chi connectivity index (χ0v) is 22.0. The van der Waals surface area contributed by atoms with Crippen molar-refractivity contribution in [3.05, 3.63) is 90.0 Å². The maximum Gasteiger partial charge on any atom is 0.159 e. The van der Waals surface area contributed by atoms with E-state index in [0.29, 0.717) is 5.92 Å². The lowest BCUT2D eigenvalue weighted by molar-refractivity contribution is 0.215. The van der Waals surface area contributed by atoms with Crippen LogP contribution in [0.4, 0.5) is 8.78 Å². The molecule has 1 aliphatic carbocycles. The highest BCUT2D eigenvalue weighted by Crippen LogP contribution is 2.46. The zero-order chi connectivity index (χ0) is 24.3. The van der Waals surface area contributed by atoms with Crippen LogP contribution in [0.15, 0.2) is 72.8 Å². The van der Waals surface area contributed by atoms with Gasteiger partial charge in [0.05, 0.1) is 8.07 Å². The molecule has 3 aromatic carbocycles. The highest BCUT2D eigenvalue weighted by Gasteiger charge is 2.40. The molecule has 0 nitrogen and oxygen atoms in total. The molecule has 0 N–H and O–H groups in total. The Morgan fingerprint density at radius 2 is 1.31 bits per heavy atom. The van der Waals surface area contributed by atoms with E-state index in [9.17, 15) is 8.78 Å². The molecule has 0 atom stereocenters. The van der Waals surface area contributed by atoms with E-state index in [2.05, 4.69) is 61.5 Å². The van der Waals surface area contributed by atoms with Crippen molar-refractivity contribution in [1.29, 1.82) is 0 Å². The van der Waals surface area contributed by atoms with E-state index < -0.39 is 19.7 Å². The number of halogens is 2. The zero-order valence-electron chi connectivity index (χ0n) is 21.0. The summed E-state index contributed by atoms with van der Waals surface area (Å²) in [7, 11) is -1.31. The summed E-state index contributed by atoms with van der Waals surface area (Å²) in [6, 6.07) is 28.6. The average molecular weight is 489 g/mol. The van der Waals surface area contributed by atoms with Gasteiger partial charge in [0.25, 0.3) is 0 Å². The highest BCUT2D eigenvalue weighted by atomic mass is 28.3. The van der Waals surface area contributed by atoms with Crippen LogP contribution in [0.5, 0.6) is 0 Å². The smallest absolute Gasteiger partial charge is 0.159 e. The summed E-state index contributed by atoms with van der Waals surface area (Å²) in [5.74, 6) is 0.876. The van der Waals surface area contributed by atoms with E-state index in [0.717, 1.165) is 23.0 Å². The molecule has 0 unspecified atom stereocenters. The number of rotatable bonds is 6. The van der Waals surface area contributed by atoms with Crippen molar-refractivity contribution < 1.29 is 8.78 Å². The quantitative estimate of drug-likeness (QED) is 0.304. The number of benzene rings is 3. The van der Waals surface area contributed by atoms with Crippen molar-refractivity contribution in [3.63, 3.8) is 0 Å². The van der Waals surface area contributed by atoms with E-state index in [1.165, 1.54) is 80.8 Å². The lowest BCUT2D eigenvalue weighted by Crippen LogP contribution is -2.50. The second-order valence-corrected chi connectivity index (χ2v) is 15.7. The fourth-order valence-electron chi connectivity index (χ4n) is 7.16. The Kier molecular flexibility index (Phi) is 7.53. The first-order chi connectivity index (χ1) is 17.1. The van der Waals surface area contributed by atoms with Crippen LogP contribution in [0, 0.1) is 23.5 Å². The highest BCUT2D eigenvalue weighted by molar-refractivity contribution is 6.92. The minimum atomic E-state index is -1.31. The molecular formula is C32H38F2Si. The molecular weight excluding hydrogens is 450 g/mol. The van der Waals surface area contributed by atoms with Gasteiger partial charge in [-0.15, -0.1) is 0 Å². The third kappa shape index (κ3) is 5.30. The molecule has 1 heterocycles. The van der Waals surface area contributed by atoms with Crippen molar-refractivity contribution in [2.24, 2.45) is 11.8 Å². The van der Waals surface area contributed by atoms with Crippen molar-refractivity contribution in [1.82, 2.24) is 0 Å². The summed E-state index contributed by atoms with van der Waals surface area (Å²) in [4.78, 5) is 0. The van der Waals surface area contributed by atoms with E-state index in [4.69, 9.17) is 0 Å². The van der Waals surface area contributed by atoms with Crippen LogP contribution in [0.25, 0.3) is 11.1 Å². The molecule has 1 saturated heterocycles. The van der Waals surface area contributed by atoms with Crippen LogP contribution in [-0.2, 0) is 0 Å². The molecule has 3 aromatic rings. The van der Waals surface area contributed by atoms with Gasteiger partial charge in [0.1, 0.15) is 0 Å². The minimum Gasteiger partial charge on any atom is -0.204 e. The molecule has 35 heavy (non-hydrogen) atoms. The normalized spacial score (nSPS) is 27.0. The Bertz CT molecular complexity index is 1090. The number of hydrogen-bond acceptors (Lipinski definition) is 0. The molecule has 1 saturated carbocycles. The molecule has 0 spiro atoms. The van der Waals surface area contributed by atoms with Crippen LogP contribution in [0.3, 0.4) is 0 Å². The molecule has 1 aliphatic heterocycles. The van der Waals surface area contributed by atoms with Crippen LogP contribution >= 0.6 is 0 Å². The van der Waals surface area contributed by atoms with Gasteiger partial charge in [-0.25, -0.2) is 8.78 Å². The first-order valence-electron chi connectivity index (χ1n) is 13.7. The summed E-state index contributed by atoms with van der Waals surface area (Å²) in [5.41, 5.74) is 3.08. The second kappa shape index (κ2) is 10.8. The van der Waals surface area contributed by atoms with Gasteiger partial charge in [0, 0.05) is 0 Å². The average Bonchev–Trinajstić information content (AvgIpc) is 2.92. The van der Waals surface area contributed by atoms with Crippen LogP contribution < -0.4 is 5.19 Å². The van der Waals surface area contributed by atoms with E-state index in [1.54, 1.807) is 11.3 Å². The topological polar surface area (TPSA) is 0 Å². The van der Waals surface area contributed by atoms with Crippen LogP contribution in [0.1, 0.15) is 63.4 Å². The molecule has 184 valence electrons. The summed E-state index contributed by atoms with van der Waals surface area (Å²) in [6.45, 7) is 2.37. The van der Waals surface area contributed by atoms with Gasteiger partial charge in [0.15, 0.2) is 11.6 Å². The molecule has 0 amide bonds. The third-order valence-electron chi connectivity index (χ3n) is 9.18. The Balaban J connectivity index is 1.17. The standard InChI is InChI=1S/C32H38F2Si/c1-2-20-35(30-6-4-3-5-7-30)21-18-28(19-22-35)26-10-8-24(9-11-26)25-12-14-27(15-13-25)29-16-17-31(33)32(34)23-29/h3-7,12-17,23-24,26,28H,2,8-11,18-22H2,1H3. The first kappa shape index (κ1) is 24.4. The predicted molar refractivity (Wildman–Crippen MR) is 146 cm³/mol. The molecule has 0 bridgehead atoms. The lowest BCUT2D eigenvalue weighted by Gasteiger charge is -2.43. The van der Waals surface area contributed by atoms with E-state index in [-0.39, 0.29) is 0 Å². The van der Waals surface area contributed by atoms with Gasteiger partial charge in [-0.05, 0) is 72.3 Å². The molecule has 5 rings (SSSR count). The Morgan fingerprint density at radius 3 is 1.94 bits per heavy atom. The fourth-order valence-corrected chi connectivity index (χ4v) is 12.5. The van der Waals surface area contributed by atoms with Crippen molar-refractivity contribution in [3.8, 4) is 11.1 Å². The monoisotopic (exact) mass is 488 g/mol. The molecule has 0 aromatic heterocycles. The van der Waals surface area contributed by atoms with Gasteiger partial charge >= 0.3 is 0 Å². The van der Waals surface area contributed by atoms with Gasteiger partial charge in [-0.3, -0.25) is 0 Å². The van der Waals surface area contributed by atoms with Crippen molar-refractivity contribution >= 4 is 13.3 Å². The number of hydrogen-bond donors (Lipinski definition) is 0. The molecule has 2 aliphatic rings. The van der Waals surface area contributed by atoms with Gasteiger partial charge < -0.3 is 0 Å². The Hall–Kier alpha value is -2.26. The largest absolute Gasteiger partial charge is 0.204 e. The summed E-state index contributed by atoms with van der Waals surface area (Å²) in [6.07, 6.45) is 9.48. The van der Waals surface area contributed by atoms with Crippen LogP contribution in [0.2, 0.25) is 18.1 Å². The van der Waals surface area contributed by atoms with Gasteiger partial charge in [0.2, 0.25) is 0 Å². The first-order valence-corrected chi connectivity index (χ1v) is 16.3. The maximum absolute atomic E-state index is 13.6. The predicted octanol–water partition coefficient (Wildman–Crippen LogP) is 9.08. The fraction of sp³-hybridized carbons (Fsp3) is 0.438. The third-order valence-corrected chi connectivity index (χ3v) is 14.7. The van der Waals surface area contributed by atoms with E-state index in [1.807, 2.05) is 0 Å². The lowest BCUT2D eigenvalue weighted by atomic mass is 9.72. The van der Waals surface area contributed by atoms with Crippen molar-refractivity contribution in [2.45, 2.75) is 75.9 Å². The summed E-state index contributed by atoms with van der Waals surface area (Å²) < 4.78 is 26.9. The SMILES string of the molecule is CCC[Si]1(c2ccccc2)CCC(C2CCC(c3ccc(-c4ccc(F)c(F)c4)cc3)CC2)CC1. The minimum absolute atomic E-state index is 0.631. The summed E-state index contributed by atoms with van der Waals surface area (Å²) >= 11 is 0. The molecule has 3 heteroatoms. The Morgan fingerprint density at radius 1 is 0.686 bits per heavy atom. The van der Waals surface area contributed by atoms with Crippen LogP contribution in [-0.4, -0.2) is 8.07 Å². The summed E-state index contributed by atoms with van der Waals surface area (Å²) in [5, 5.41) is 1.70. The molecule has 0 radical (unpaired) electrons. The van der Waals surface area contributed by atoms with E-state index >= 15 is 0 Å². The maximum atomic E-state index is 13.6. The second-order valence-electron chi connectivity index (χ2n) is 11.1. The van der Waals surface area contributed by atoms with Gasteiger partial charge in [-0.2, -0.15) is 0 Å².